The van der Waals surface area contributed by atoms with Crippen LogP contribution in [0.2, 0.25) is 0 Å². The van der Waals surface area contributed by atoms with Crippen LogP contribution in [0.15, 0.2) is 12.3 Å². The first-order valence-electron chi connectivity index (χ1n) is 17.3. The Morgan fingerprint density at radius 1 is 0.636 bits per heavy atom. The van der Waals surface area contributed by atoms with Crippen LogP contribution in [0.25, 0.3) is 0 Å². The maximum Gasteiger partial charge on any atom is 0.210 e. The molecule has 44 heavy (non-hydrogen) atoms. The molecule has 11 heteroatoms. The lowest BCUT2D eigenvalue weighted by Crippen LogP contribution is -2.63. The Balaban J connectivity index is 1.44. The van der Waals surface area contributed by atoms with Gasteiger partial charge in [0.25, 0.3) is 0 Å². The molecule has 254 valence electrons. The van der Waals surface area contributed by atoms with Crippen LogP contribution in [0.1, 0.15) is 69.2 Å². The molecule has 0 aliphatic carbocycles. The van der Waals surface area contributed by atoms with Gasteiger partial charge in [0.1, 0.15) is 42.7 Å². The number of aliphatic hydroxyl groups excluding tert-OH is 2. The zero-order valence-electron chi connectivity index (χ0n) is 30.0. The lowest BCUT2D eigenvalue weighted by Gasteiger charge is -2.48. The predicted molar refractivity (Wildman–Crippen MR) is 159 cm³/mol. The van der Waals surface area contributed by atoms with E-state index in [4.69, 9.17) is 55.7 Å². The number of fused-ring (bicyclic) bond motifs is 1. The highest BCUT2D eigenvalue weighted by molar-refractivity contribution is 5.03. The van der Waals surface area contributed by atoms with Gasteiger partial charge in [0.05, 0.1) is 31.7 Å². The molecule has 9 unspecified atom stereocenters. The quantitative estimate of drug-likeness (QED) is 0.367. The number of hydrogen-bond acceptors (Lipinski definition) is 11. The summed E-state index contributed by atoms with van der Waals surface area (Å²) in [5.74, 6) is 0.712. The molecule has 18 atom stereocenters. The van der Waals surface area contributed by atoms with Crippen molar-refractivity contribution in [1.82, 2.24) is 0 Å². The Morgan fingerprint density at radius 2 is 1.18 bits per heavy atom. The van der Waals surface area contributed by atoms with Crippen molar-refractivity contribution < 1.29 is 52.8 Å². The van der Waals surface area contributed by atoms with Crippen molar-refractivity contribution in [2.45, 2.75) is 149 Å². The second-order valence-corrected chi connectivity index (χ2v) is 14.3. The maximum absolute atomic E-state index is 7.52. The summed E-state index contributed by atoms with van der Waals surface area (Å²) in [5.41, 5.74) is 0. The average molecular weight is 633 g/mol. The molecular weight excluding hydrogens is 572 g/mol. The number of rotatable bonds is 10. The van der Waals surface area contributed by atoms with Gasteiger partial charge in [-0.3, -0.25) is 0 Å². The lowest BCUT2D eigenvalue weighted by molar-refractivity contribution is -0.360. The maximum atomic E-state index is 7.52. The smallest absolute Gasteiger partial charge is 0.210 e. The van der Waals surface area contributed by atoms with E-state index in [1.54, 1.807) is 12.3 Å². The zero-order valence-corrected chi connectivity index (χ0v) is 28.0. The highest BCUT2D eigenvalue weighted by Gasteiger charge is 2.58. The summed E-state index contributed by atoms with van der Waals surface area (Å²) in [6.45, 7) is 20.7. The van der Waals surface area contributed by atoms with Gasteiger partial charge in [-0.1, -0.05) is 41.5 Å². The summed E-state index contributed by atoms with van der Waals surface area (Å²) in [6.07, 6.45) is -3.50. The molecule has 4 fully saturated rings. The van der Waals surface area contributed by atoms with E-state index in [9.17, 15) is 0 Å². The van der Waals surface area contributed by atoms with Gasteiger partial charge in [-0.2, -0.15) is 0 Å². The lowest BCUT2D eigenvalue weighted by atomic mass is 9.79. The van der Waals surface area contributed by atoms with Gasteiger partial charge in [0.2, 0.25) is 2.86 Å². The van der Waals surface area contributed by atoms with E-state index in [0.29, 0.717) is 23.7 Å². The van der Waals surface area contributed by atoms with E-state index >= 15 is 0 Å². The Bertz CT molecular complexity index is 1020. The summed E-state index contributed by atoms with van der Waals surface area (Å²) < 4.78 is 73.2. The predicted octanol–water partition coefficient (Wildman–Crippen LogP) is 3.59. The van der Waals surface area contributed by atoms with Crippen molar-refractivity contribution in [1.29, 1.82) is 2.86 Å². The highest BCUT2D eigenvalue weighted by Crippen LogP contribution is 2.43. The summed E-state index contributed by atoms with van der Waals surface area (Å²) >= 11 is 0. The Kier molecular flexibility index (Phi) is 9.88. The number of hydrogen-bond donors (Lipinski definition) is 2. The molecule has 0 aromatic rings. The third-order valence-corrected chi connectivity index (χ3v) is 11.2. The van der Waals surface area contributed by atoms with Crippen LogP contribution >= 0.6 is 0 Å². The van der Waals surface area contributed by atoms with Gasteiger partial charge in [0, 0.05) is 11.8 Å². The number of ether oxygens (including phenoxy) is 9. The average Bonchev–Trinajstić information content (AvgIpc) is 3.34. The molecule has 11 nitrogen and oxygen atoms in total. The third-order valence-electron chi connectivity index (χ3n) is 11.2. The van der Waals surface area contributed by atoms with E-state index in [-0.39, 0.29) is 37.3 Å². The third kappa shape index (κ3) is 6.74. The fourth-order valence-electron chi connectivity index (χ4n) is 7.27. The topological polar surface area (TPSA) is 124 Å². The second kappa shape index (κ2) is 13.7. The summed E-state index contributed by atoms with van der Waals surface area (Å²) in [6, 6.07) is 0. The molecule has 5 aliphatic rings. The summed E-state index contributed by atoms with van der Waals surface area (Å²) in [7, 11) is 0. The summed E-state index contributed by atoms with van der Waals surface area (Å²) in [4.78, 5) is 0. The van der Waals surface area contributed by atoms with E-state index in [0.717, 1.165) is 0 Å². The van der Waals surface area contributed by atoms with Crippen LogP contribution < -0.4 is 0 Å². The molecule has 0 amide bonds. The summed E-state index contributed by atoms with van der Waals surface area (Å²) in [5, 5.41) is 9.61. The molecule has 4 saturated heterocycles. The fraction of sp³-hybridized carbons (Fsp3) is 0.939. The van der Waals surface area contributed by atoms with Crippen LogP contribution in [-0.4, -0.2) is 106 Å². The second-order valence-electron chi connectivity index (χ2n) is 14.3. The van der Waals surface area contributed by atoms with E-state index in [2.05, 4.69) is 55.4 Å². The van der Waals surface area contributed by atoms with E-state index in [1.165, 1.54) is 0 Å². The van der Waals surface area contributed by atoms with Crippen LogP contribution in [0.4, 0.5) is 0 Å². The van der Waals surface area contributed by atoms with Crippen molar-refractivity contribution in [3.63, 3.8) is 0 Å². The highest BCUT2D eigenvalue weighted by atomic mass is 16.8. The van der Waals surface area contributed by atoms with Gasteiger partial charge in [0.15, 0.2) is 24.7 Å². The van der Waals surface area contributed by atoms with Crippen molar-refractivity contribution >= 4 is 0 Å². The first-order chi connectivity index (χ1) is 21.8. The minimum atomic E-state index is -1.03. The molecule has 0 spiro atoms. The first-order valence-corrected chi connectivity index (χ1v) is 16.5. The van der Waals surface area contributed by atoms with Crippen molar-refractivity contribution in [3.8, 4) is 0 Å². The normalized spacial score (nSPS) is 53.0. The van der Waals surface area contributed by atoms with Crippen LogP contribution in [0, 0.1) is 35.5 Å². The zero-order chi connectivity index (χ0) is 33.5. The van der Waals surface area contributed by atoms with Crippen LogP contribution in [0.3, 0.4) is 0 Å². The van der Waals surface area contributed by atoms with Gasteiger partial charge in [-0.15, -0.1) is 0 Å². The molecular formula is C33H56O11. The molecule has 5 heterocycles. The minimum absolute atomic E-state index is 0.0154. The van der Waals surface area contributed by atoms with Crippen molar-refractivity contribution in [3.05, 3.63) is 12.3 Å². The molecule has 2 N–H and O–H groups in total. The first kappa shape index (κ1) is 31.7. The number of aliphatic hydroxyl groups is 2. The van der Waals surface area contributed by atoms with E-state index in [1.807, 2.05) is 13.8 Å². The molecule has 0 saturated carbocycles. The fourth-order valence-corrected chi connectivity index (χ4v) is 7.27. The molecule has 0 aromatic heterocycles. The molecule has 0 aromatic carbocycles. The van der Waals surface area contributed by atoms with Gasteiger partial charge >= 0.3 is 0 Å². The Hall–Kier alpha value is -0.860. The largest absolute Gasteiger partial charge is 0.493 e. The van der Waals surface area contributed by atoms with Crippen molar-refractivity contribution in [2.75, 3.05) is 13.2 Å². The molecule has 5 rings (SSSR count). The monoisotopic (exact) mass is 632 g/mol. The van der Waals surface area contributed by atoms with Crippen LogP contribution in [-0.2, 0) is 42.6 Å². The molecule has 0 bridgehead atoms. The Morgan fingerprint density at radius 3 is 1.80 bits per heavy atom. The van der Waals surface area contributed by atoms with Gasteiger partial charge < -0.3 is 52.8 Å². The van der Waals surface area contributed by atoms with E-state index < -0.39 is 67.4 Å². The van der Waals surface area contributed by atoms with Crippen molar-refractivity contribution in [2.24, 2.45) is 35.5 Å². The minimum Gasteiger partial charge on any atom is -0.493 e. The molecule has 0 radical (unpaired) electrons. The SMILES string of the molecule is [3H]OCC1OC=CC(O[C@H]2OC(C)[C@@H](C)C(C)[C@@H]2C)[C@H]1O[C@@H]1OC(CO[3H])[C@@H]2OC(C)(C)O[C@@H]2C1OC1OC(C)[C@H](C)C(C)[C@@H]1C. The van der Waals surface area contributed by atoms with Gasteiger partial charge in [-0.25, -0.2) is 0 Å². The molecule has 5 aliphatic heterocycles. The van der Waals surface area contributed by atoms with Crippen LogP contribution in [0.5, 0.6) is 0 Å². The standard InChI is InChI=1S/C33H56O11/c1-15-17(3)21(7)37-30(19(15)5)39-23-11-12-36-24(13-34)26(23)41-32-29(42-31-20(6)16(2)18(4)22(8)38-31)28-27(25(14-35)40-32)43-33(9,10)44-28/h11-12,15-32,34-35H,13-14H2,1-10H3/t15?,16?,17-,18+,19-,20-,21?,22?,23?,24?,25?,26+,27-,28-,29?,30+,31?,32-/m0/s1/i34T,35T. The Labute approximate surface area is 265 Å². The van der Waals surface area contributed by atoms with Gasteiger partial charge in [-0.05, 0) is 57.4 Å².